The van der Waals surface area contributed by atoms with Crippen LogP contribution < -0.4 is 5.69 Å². The van der Waals surface area contributed by atoms with Crippen LogP contribution in [0.1, 0.15) is 58.3 Å². The van der Waals surface area contributed by atoms with Gasteiger partial charge in [0.25, 0.3) is 0 Å². The van der Waals surface area contributed by atoms with Crippen molar-refractivity contribution >= 4 is 26.8 Å². The van der Waals surface area contributed by atoms with E-state index in [2.05, 4.69) is 4.98 Å². The molecule has 4 rings (SSSR count). The van der Waals surface area contributed by atoms with Crippen LogP contribution in [0.15, 0.2) is 34.1 Å². The summed E-state index contributed by atoms with van der Waals surface area (Å²) in [5, 5.41) is 0.531. The first-order valence-corrected chi connectivity index (χ1v) is 13.0. The molecular weight excluding hydrogens is 428 g/mol. The number of amides is 1. The molecule has 1 amide bonds. The average molecular weight is 461 g/mol. The Hall–Kier alpha value is -2.26. The maximum Gasteiger partial charge on any atom is 0.348 e. The SMILES string of the molecule is C[C@H]1CCCCN1S(=O)(=O)c1ccc2c(cnc(=O)n2CC(=O)N(C)C2CCCCC2)c1. The number of hydrogen-bond acceptors (Lipinski definition) is 5. The Kier molecular flexibility index (Phi) is 6.67. The summed E-state index contributed by atoms with van der Waals surface area (Å²) in [7, 11) is -1.84. The number of likely N-dealkylation sites (N-methyl/N-ethyl adjacent to an activating group) is 1. The van der Waals surface area contributed by atoms with E-state index in [1.54, 1.807) is 28.4 Å². The fourth-order valence-electron chi connectivity index (χ4n) is 4.98. The van der Waals surface area contributed by atoms with Gasteiger partial charge in [-0.2, -0.15) is 4.31 Å². The van der Waals surface area contributed by atoms with Crippen molar-refractivity contribution in [1.29, 1.82) is 0 Å². The van der Waals surface area contributed by atoms with Crippen LogP contribution in [0.3, 0.4) is 0 Å². The Balaban J connectivity index is 1.63. The molecule has 2 aliphatic rings. The molecule has 8 nitrogen and oxygen atoms in total. The number of sulfonamides is 1. The highest BCUT2D eigenvalue weighted by atomic mass is 32.2. The van der Waals surface area contributed by atoms with E-state index < -0.39 is 15.7 Å². The van der Waals surface area contributed by atoms with E-state index in [9.17, 15) is 18.0 Å². The van der Waals surface area contributed by atoms with Gasteiger partial charge in [-0.05, 0) is 50.8 Å². The van der Waals surface area contributed by atoms with Crippen molar-refractivity contribution in [2.24, 2.45) is 0 Å². The van der Waals surface area contributed by atoms with Gasteiger partial charge >= 0.3 is 5.69 Å². The Bertz CT molecular complexity index is 1150. The molecule has 0 N–H and O–H groups in total. The van der Waals surface area contributed by atoms with Gasteiger partial charge < -0.3 is 4.90 Å². The molecule has 0 radical (unpaired) electrons. The minimum atomic E-state index is -3.63. The number of carbonyl (C=O) groups excluding carboxylic acids is 1. The number of rotatable bonds is 5. The zero-order chi connectivity index (χ0) is 22.9. The van der Waals surface area contributed by atoms with E-state index in [1.165, 1.54) is 23.3 Å². The molecule has 2 heterocycles. The molecule has 9 heteroatoms. The standard InChI is InChI=1S/C23H32N4O4S/c1-17-8-6-7-13-27(17)32(30,31)20-11-12-21-18(14-20)15-24-23(29)26(21)16-22(28)25(2)19-9-4-3-5-10-19/h11-12,14-15,17,19H,3-10,13,16H2,1-2H3/t17-/m0/s1. The van der Waals surface area contributed by atoms with E-state index in [0.29, 0.717) is 17.4 Å². The number of benzene rings is 1. The van der Waals surface area contributed by atoms with Crippen molar-refractivity contribution in [3.05, 3.63) is 34.9 Å². The van der Waals surface area contributed by atoms with Gasteiger partial charge in [-0.15, -0.1) is 0 Å². The van der Waals surface area contributed by atoms with Crippen molar-refractivity contribution in [3.63, 3.8) is 0 Å². The van der Waals surface area contributed by atoms with Crippen LogP contribution >= 0.6 is 0 Å². The summed E-state index contributed by atoms with van der Waals surface area (Å²) in [5.41, 5.74) is 0.00388. The van der Waals surface area contributed by atoms with Crippen LogP contribution in [0.25, 0.3) is 10.9 Å². The lowest BCUT2D eigenvalue weighted by Gasteiger charge is -2.32. The van der Waals surface area contributed by atoms with E-state index in [0.717, 1.165) is 44.9 Å². The molecule has 0 unspecified atom stereocenters. The lowest BCUT2D eigenvalue weighted by atomic mass is 9.94. The molecule has 1 aliphatic heterocycles. The molecule has 1 aromatic heterocycles. The first-order chi connectivity index (χ1) is 15.3. The molecule has 1 saturated heterocycles. The minimum Gasteiger partial charge on any atom is -0.341 e. The fraction of sp³-hybridized carbons (Fsp3) is 0.609. The average Bonchev–Trinajstić information content (AvgIpc) is 2.80. The van der Waals surface area contributed by atoms with Crippen LogP contribution in [0.5, 0.6) is 0 Å². The minimum absolute atomic E-state index is 0.0375. The smallest absolute Gasteiger partial charge is 0.341 e. The third kappa shape index (κ3) is 4.45. The summed E-state index contributed by atoms with van der Waals surface area (Å²) in [6.45, 7) is 2.35. The highest BCUT2D eigenvalue weighted by Gasteiger charge is 2.31. The van der Waals surface area contributed by atoms with Gasteiger partial charge in [0.2, 0.25) is 15.9 Å². The van der Waals surface area contributed by atoms with Crippen molar-refractivity contribution in [2.45, 2.75) is 81.8 Å². The molecule has 1 atom stereocenters. The molecule has 2 aromatic rings. The van der Waals surface area contributed by atoms with Crippen LogP contribution in [0.4, 0.5) is 0 Å². The third-order valence-electron chi connectivity index (χ3n) is 6.99. The summed E-state index contributed by atoms with van der Waals surface area (Å²) < 4.78 is 29.3. The molecule has 1 saturated carbocycles. The Morgan fingerprint density at radius 2 is 1.84 bits per heavy atom. The van der Waals surface area contributed by atoms with Crippen LogP contribution in [0, 0.1) is 0 Å². The molecule has 1 aliphatic carbocycles. The Morgan fingerprint density at radius 3 is 2.56 bits per heavy atom. The van der Waals surface area contributed by atoms with Crippen molar-refractivity contribution in [3.8, 4) is 0 Å². The number of aromatic nitrogens is 2. The fourth-order valence-corrected chi connectivity index (χ4v) is 6.71. The van der Waals surface area contributed by atoms with Crippen LogP contribution in [-0.4, -0.2) is 58.8 Å². The second kappa shape index (κ2) is 9.31. The zero-order valence-electron chi connectivity index (χ0n) is 18.9. The van der Waals surface area contributed by atoms with Crippen molar-refractivity contribution < 1.29 is 13.2 Å². The maximum absolute atomic E-state index is 13.2. The first kappa shape index (κ1) is 22.9. The van der Waals surface area contributed by atoms with Gasteiger partial charge in [-0.3, -0.25) is 9.36 Å². The summed E-state index contributed by atoms with van der Waals surface area (Å²) in [6, 6.07) is 4.88. The zero-order valence-corrected chi connectivity index (χ0v) is 19.7. The maximum atomic E-state index is 13.2. The third-order valence-corrected chi connectivity index (χ3v) is 9.00. The largest absolute Gasteiger partial charge is 0.348 e. The number of hydrogen-bond donors (Lipinski definition) is 0. The summed E-state index contributed by atoms with van der Waals surface area (Å²) in [5.74, 6) is -0.132. The van der Waals surface area contributed by atoms with Gasteiger partial charge in [0.15, 0.2) is 0 Å². The quantitative estimate of drug-likeness (QED) is 0.684. The van der Waals surface area contributed by atoms with Gasteiger partial charge in [-0.1, -0.05) is 25.7 Å². The van der Waals surface area contributed by atoms with E-state index in [4.69, 9.17) is 0 Å². The normalized spacial score (nSPS) is 21.0. The number of carbonyl (C=O) groups is 1. The van der Waals surface area contributed by atoms with Crippen LogP contribution in [-0.2, 0) is 21.4 Å². The monoisotopic (exact) mass is 460 g/mol. The van der Waals surface area contributed by atoms with Gasteiger partial charge in [0, 0.05) is 37.3 Å². The molecule has 2 fully saturated rings. The lowest BCUT2D eigenvalue weighted by molar-refractivity contribution is -0.133. The number of fused-ring (bicyclic) bond motifs is 1. The predicted molar refractivity (Wildman–Crippen MR) is 123 cm³/mol. The molecule has 32 heavy (non-hydrogen) atoms. The first-order valence-electron chi connectivity index (χ1n) is 11.6. The van der Waals surface area contributed by atoms with Gasteiger partial charge in [0.1, 0.15) is 6.54 Å². The highest BCUT2D eigenvalue weighted by Crippen LogP contribution is 2.27. The summed E-state index contributed by atoms with van der Waals surface area (Å²) in [4.78, 5) is 31.3. The van der Waals surface area contributed by atoms with E-state index >= 15 is 0 Å². The second-order valence-corrected chi connectivity index (χ2v) is 11.0. The molecular formula is C23H32N4O4S. The number of piperidine rings is 1. The predicted octanol–water partition coefficient (Wildman–Crippen LogP) is 2.75. The molecule has 1 aromatic carbocycles. The Labute approximate surface area is 189 Å². The van der Waals surface area contributed by atoms with Gasteiger partial charge in [-0.25, -0.2) is 18.2 Å². The van der Waals surface area contributed by atoms with Crippen LogP contribution in [0.2, 0.25) is 0 Å². The second-order valence-electron chi connectivity index (χ2n) is 9.10. The Morgan fingerprint density at radius 1 is 1.12 bits per heavy atom. The lowest BCUT2D eigenvalue weighted by Crippen LogP contribution is -2.42. The highest BCUT2D eigenvalue weighted by molar-refractivity contribution is 7.89. The summed E-state index contributed by atoms with van der Waals surface area (Å²) in [6.07, 6.45) is 9.54. The molecule has 0 bridgehead atoms. The topological polar surface area (TPSA) is 92.6 Å². The van der Waals surface area contributed by atoms with E-state index in [-0.39, 0.29) is 29.4 Å². The van der Waals surface area contributed by atoms with Crippen molar-refractivity contribution in [2.75, 3.05) is 13.6 Å². The van der Waals surface area contributed by atoms with Gasteiger partial charge in [0.05, 0.1) is 10.4 Å². The molecule has 174 valence electrons. The summed E-state index contributed by atoms with van der Waals surface area (Å²) >= 11 is 0. The molecule has 0 spiro atoms. The van der Waals surface area contributed by atoms with Crippen molar-refractivity contribution in [1.82, 2.24) is 18.8 Å². The number of nitrogens with zero attached hydrogens (tertiary/aromatic N) is 4. The van der Waals surface area contributed by atoms with E-state index in [1.807, 2.05) is 6.92 Å².